The van der Waals surface area contributed by atoms with Crippen molar-refractivity contribution < 1.29 is 18.3 Å². The first kappa shape index (κ1) is 13.1. The Kier molecular flexibility index (Phi) is 2.66. The number of benzene rings is 1. The van der Waals surface area contributed by atoms with E-state index < -0.39 is 21.5 Å². The average molecular weight is 294 g/mol. The van der Waals surface area contributed by atoms with E-state index in [1.54, 1.807) is 18.2 Å². The summed E-state index contributed by atoms with van der Waals surface area (Å²) in [6.07, 6.45) is 1.60. The van der Waals surface area contributed by atoms with Gasteiger partial charge >= 0.3 is 5.97 Å². The minimum Gasteiger partial charge on any atom is -0.479 e. The highest BCUT2D eigenvalue weighted by Crippen LogP contribution is 2.42. The number of carboxylic acids is 1. The van der Waals surface area contributed by atoms with Gasteiger partial charge in [-0.15, -0.1) is 0 Å². The van der Waals surface area contributed by atoms with E-state index in [0.717, 1.165) is 12.8 Å². The highest BCUT2D eigenvalue weighted by atomic mass is 32.2. The molecule has 0 bridgehead atoms. The summed E-state index contributed by atoms with van der Waals surface area (Å²) in [5.41, 5.74) is -0.851. The van der Waals surface area contributed by atoms with Gasteiger partial charge in [0.2, 0.25) is 0 Å². The fourth-order valence-electron chi connectivity index (χ4n) is 2.41. The summed E-state index contributed by atoms with van der Waals surface area (Å²) < 4.78 is 26.3. The second-order valence-electron chi connectivity index (χ2n) is 5.29. The van der Waals surface area contributed by atoms with E-state index in [-0.39, 0.29) is 16.6 Å². The summed E-state index contributed by atoms with van der Waals surface area (Å²) in [7, 11) is -3.63. The molecule has 20 heavy (non-hydrogen) atoms. The molecule has 1 aliphatic carbocycles. The molecule has 0 spiro atoms. The zero-order valence-electron chi connectivity index (χ0n) is 10.8. The lowest BCUT2D eigenvalue weighted by molar-refractivity contribution is -0.143. The third-order valence-electron chi connectivity index (χ3n) is 3.81. The molecule has 0 amide bonds. The molecule has 3 rings (SSSR count). The average Bonchev–Trinajstić information content (AvgIpc) is 3.19. The van der Waals surface area contributed by atoms with Gasteiger partial charge in [-0.1, -0.05) is 12.1 Å². The van der Waals surface area contributed by atoms with Gasteiger partial charge in [0, 0.05) is 5.56 Å². The Hall–Kier alpha value is -1.89. The number of carbonyl (C=O) groups is 1. The van der Waals surface area contributed by atoms with E-state index in [4.69, 9.17) is 0 Å². The van der Waals surface area contributed by atoms with E-state index in [1.807, 2.05) is 0 Å². The van der Waals surface area contributed by atoms with Crippen LogP contribution in [0.1, 0.15) is 25.3 Å². The number of hydrogen-bond donors (Lipinski definition) is 2. The quantitative estimate of drug-likeness (QED) is 0.868. The minimum atomic E-state index is -3.63. The Morgan fingerprint density at radius 1 is 1.40 bits per heavy atom. The summed E-state index contributed by atoms with van der Waals surface area (Å²) in [6.45, 7) is 1.54. The number of aliphatic carboxylic acids is 1. The molecule has 106 valence electrons. The van der Waals surface area contributed by atoms with E-state index >= 15 is 0 Å². The van der Waals surface area contributed by atoms with Gasteiger partial charge in [0.05, 0.1) is 4.90 Å². The minimum absolute atomic E-state index is 0.0373. The van der Waals surface area contributed by atoms with Crippen LogP contribution in [-0.4, -0.2) is 30.9 Å². The highest BCUT2D eigenvalue weighted by molar-refractivity contribution is 7.90. The molecule has 0 radical (unpaired) electrons. The zero-order chi connectivity index (χ0) is 14.5. The topological polar surface area (TPSA) is 95.8 Å². The van der Waals surface area contributed by atoms with Gasteiger partial charge < -0.3 is 5.11 Å². The van der Waals surface area contributed by atoms with Gasteiger partial charge in [-0.25, -0.2) is 18.2 Å². The summed E-state index contributed by atoms with van der Waals surface area (Å²) in [4.78, 5) is 15.9. The van der Waals surface area contributed by atoms with Crippen LogP contribution in [0.4, 0.5) is 0 Å². The number of nitrogens with one attached hydrogen (secondary N) is 1. The monoisotopic (exact) mass is 294 g/mol. The van der Waals surface area contributed by atoms with E-state index in [0.29, 0.717) is 5.56 Å². The first-order chi connectivity index (χ1) is 9.34. The first-order valence-electron chi connectivity index (χ1n) is 6.30. The van der Waals surface area contributed by atoms with Crippen molar-refractivity contribution in [2.24, 2.45) is 10.9 Å². The molecule has 1 fully saturated rings. The van der Waals surface area contributed by atoms with Crippen molar-refractivity contribution >= 4 is 21.8 Å². The molecule has 7 heteroatoms. The summed E-state index contributed by atoms with van der Waals surface area (Å²) in [5.74, 6) is -0.946. The second kappa shape index (κ2) is 4.05. The predicted molar refractivity (Wildman–Crippen MR) is 72.1 cm³/mol. The normalized spacial score (nSPS) is 24.8. The molecule has 1 heterocycles. The molecule has 0 aromatic heterocycles. The fourth-order valence-corrected chi connectivity index (χ4v) is 3.64. The molecule has 2 N–H and O–H groups in total. The SMILES string of the molecule is CC(N=C1NS(=O)(=O)c2ccccc21)(C(=O)O)C1CC1. The van der Waals surface area contributed by atoms with Crippen LogP contribution in [0, 0.1) is 5.92 Å². The summed E-state index contributed by atoms with van der Waals surface area (Å²) >= 11 is 0. The van der Waals surface area contributed by atoms with Gasteiger partial charge in [-0.3, -0.25) is 4.72 Å². The molecule has 1 atom stereocenters. The lowest BCUT2D eigenvalue weighted by Crippen LogP contribution is -2.38. The maximum Gasteiger partial charge on any atom is 0.331 e. The molecule has 1 aromatic carbocycles. The number of fused-ring (bicyclic) bond motifs is 1. The van der Waals surface area contributed by atoms with Crippen LogP contribution >= 0.6 is 0 Å². The standard InChI is InChI=1S/C13H14N2O4S/c1-13(12(16)17,8-6-7-8)14-11-9-4-2-3-5-10(9)20(18,19)15-11/h2-5,8H,6-7H2,1H3,(H,14,15)(H,16,17). The fraction of sp³-hybridized carbons (Fsp3) is 0.385. The number of amidine groups is 1. The molecule has 1 unspecified atom stereocenters. The molecule has 1 saturated carbocycles. The third kappa shape index (κ3) is 1.89. The van der Waals surface area contributed by atoms with Crippen LogP contribution in [0.5, 0.6) is 0 Å². The van der Waals surface area contributed by atoms with Gasteiger partial charge in [-0.05, 0) is 37.8 Å². The highest BCUT2D eigenvalue weighted by Gasteiger charge is 2.48. The van der Waals surface area contributed by atoms with Gasteiger partial charge in [0.15, 0.2) is 5.54 Å². The molecule has 2 aliphatic rings. The Morgan fingerprint density at radius 3 is 2.65 bits per heavy atom. The lowest BCUT2D eigenvalue weighted by Gasteiger charge is -2.20. The first-order valence-corrected chi connectivity index (χ1v) is 7.78. The zero-order valence-corrected chi connectivity index (χ0v) is 11.6. The number of rotatable bonds is 3. The van der Waals surface area contributed by atoms with Crippen molar-refractivity contribution in [2.75, 3.05) is 0 Å². The largest absolute Gasteiger partial charge is 0.479 e. The molecular weight excluding hydrogens is 280 g/mol. The van der Waals surface area contributed by atoms with E-state index in [9.17, 15) is 18.3 Å². The van der Waals surface area contributed by atoms with E-state index in [2.05, 4.69) is 9.71 Å². The Morgan fingerprint density at radius 2 is 2.05 bits per heavy atom. The second-order valence-corrected chi connectivity index (χ2v) is 6.94. The van der Waals surface area contributed by atoms with Crippen molar-refractivity contribution in [3.63, 3.8) is 0 Å². The van der Waals surface area contributed by atoms with Crippen molar-refractivity contribution in [1.29, 1.82) is 0 Å². The predicted octanol–water partition coefficient (Wildman–Crippen LogP) is 0.978. The van der Waals surface area contributed by atoms with Crippen LogP contribution in [0.2, 0.25) is 0 Å². The van der Waals surface area contributed by atoms with Crippen molar-refractivity contribution in [1.82, 2.24) is 4.72 Å². The Balaban J connectivity index is 2.12. The Bertz CT molecular complexity index is 722. The molecule has 1 aliphatic heterocycles. The van der Waals surface area contributed by atoms with Crippen molar-refractivity contribution in [3.8, 4) is 0 Å². The van der Waals surface area contributed by atoms with Crippen LogP contribution in [0.25, 0.3) is 0 Å². The van der Waals surface area contributed by atoms with Crippen LogP contribution in [-0.2, 0) is 14.8 Å². The van der Waals surface area contributed by atoms with Crippen molar-refractivity contribution in [3.05, 3.63) is 29.8 Å². The van der Waals surface area contributed by atoms with Gasteiger partial charge in [-0.2, -0.15) is 0 Å². The number of sulfonamides is 1. The molecule has 6 nitrogen and oxygen atoms in total. The smallest absolute Gasteiger partial charge is 0.331 e. The molecule has 0 saturated heterocycles. The Labute approximate surface area is 116 Å². The number of hydrogen-bond acceptors (Lipinski definition) is 4. The van der Waals surface area contributed by atoms with E-state index in [1.165, 1.54) is 13.0 Å². The van der Waals surface area contributed by atoms with Crippen LogP contribution in [0.3, 0.4) is 0 Å². The lowest BCUT2D eigenvalue weighted by atomic mass is 9.97. The van der Waals surface area contributed by atoms with Crippen LogP contribution in [0.15, 0.2) is 34.2 Å². The molecular formula is C13H14N2O4S. The molecule has 1 aromatic rings. The summed E-state index contributed by atoms with van der Waals surface area (Å²) in [6, 6.07) is 6.43. The maximum absolute atomic E-state index is 12.0. The number of nitrogens with zero attached hydrogens (tertiary/aromatic N) is 1. The van der Waals surface area contributed by atoms with Gasteiger partial charge in [0.25, 0.3) is 10.0 Å². The number of carboxylic acid groups (broad SMARTS) is 1. The summed E-state index contributed by atoms with van der Waals surface area (Å²) in [5, 5.41) is 9.40. The maximum atomic E-state index is 12.0. The third-order valence-corrected chi connectivity index (χ3v) is 5.21. The van der Waals surface area contributed by atoms with Gasteiger partial charge in [0.1, 0.15) is 5.84 Å². The van der Waals surface area contributed by atoms with Crippen molar-refractivity contribution in [2.45, 2.75) is 30.2 Å². The number of aliphatic imine (C=N–C) groups is 1. The van der Waals surface area contributed by atoms with Crippen LogP contribution < -0.4 is 4.72 Å².